The molecule has 1 aliphatic rings. The molecule has 0 saturated heterocycles. The SMILES string of the molecule is O=CC1(C(C[N+](=O)[O-])c2ccco2)CCCC1. The number of rotatable bonds is 5. The van der Waals surface area contributed by atoms with Gasteiger partial charge in [-0.25, -0.2) is 0 Å². The molecule has 1 aromatic rings. The number of carbonyl (C=O) groups excluding carboxylic acids is 1. The van der Waals surface area contributed by atoms with E-state index in [1.165, 1.54) is 6.26 Å². The van der Waals surface area contributed by atoms with Gasteiger partial charge in [0.1, 0.15) is 12.0 Å². The minimum Gasteiger partial charge on any atom is -0.469 e. The van der Waals surface area contributed by atoms with E-state index >= 15 is 0 Å². The molecule has 1 unspecified atom stereocenters. The van der Waals surface area contributed by atoms with Crippen LogP contribution in [-0.2, 0) is 4.79 Å². The standard InChI is InChI=1S/C12H15NO4/c14-9-12(5-1-2-6-12)10(8-13(15)16)11-4-3-7-17-11/h3-4,7,9-10H,1-2,5-6,8H2. The molecule has 1 fully saturated rings. The summed E-state index contributed by atoms with van der Waals surface area (Å²) in [6, 6.07) is 3.42. The predicted octanol–water partition coefficient (Wildman–Crippen LogP) is 2.40. The summed E-state index contributed by atoms with van der Waals surface area (Å²) >= 11 is 0. The highest BCUT2D eigenvalue weighted by atomic mass is 16.6. The van der Waals surface area contributed by atoms with E-state index in [9.17, 15) is 14.9 Å². The molecule has 1 aromatic heterocycles. The molecular weight excluding hydrogens is 222 g/mol. The first kappa shape index (κ1) is 11.8. The summed E-state index contributed by atoms with van der Waals surface area (Å²) in [6.07, 6.45) is 5.74. The van der Waals surface area contributed by atoms with Crippen LogP contribution in [0.25, 0.3) is 0 Å². The van der Waals surface area contributed by atoms with Crippen LogP contribution < -0.4 is 0 Å². The lowest BCUT2D eigenvalue weighted by atomic mass is 9.74. The van der Waals surface area contributed by atoms with Crippen molar-refractivity contribution in [3.8, 4) is 0 Å². The van der Waals surface area contributed by atoms with Gasteiger partial charge in [-0.2, -0.15) is 0 Å². The van der Waals surface area contributed by atoms with Gasteiger partial charge in [0.15, 0.2) is 0 Å². The minimum absolute atomic E-state index is 0.244. The second-order valence-corrected chi connectivity index (χ2v) is 4.64. The fraction of sp³-hybridized carbons (Fsp3) is 0.583. The molecule has 2 rings (SSSR count). The van der Waals surface area contributed by atoms with Gasteiger partial charge in [-0.1, -0.05) is 12.8 Å². The number of hydrogen-bond donors (Lipinski definition) is 0. The van der Waals surface area contributed by atoms with E-state index in [0.29, 0.717) is 5.76 Å². The molecule has 5 nitrogen and oxygen atoms in total. The average Bonchev–Trinajstić information content (AvgIpc) is 2.98. The zero-order chi connectivity index (χ0) is 12.3. The van der Waals surface area contributed by atoms with Crippen molar-refractivity contribution in [3.63, 3.8) is 0 Å². The van der Waals surface area contributed by atoms with Crippen LogP contribution in [0.5, 0.6) is 0 Å². The third kappa shape index (κ3) is 2.23. The van der Waals surface area contributed by atoms with E-state index in [0.717, 1.165) is 32.0 Å². The Morgan fingerprint density at radius 2 is 2.24 bits per heavy atom. The smallest absolute Gasteiger partial charge is 0.214 e. The van der Waals surface area contributed by atoms with Gasteiger partial charge in [-0.3, -0.25) is 10.1 Å². The maximum atomic E-state index is 11.4. The third-order valence-electron chi connectivity index (χ3n) is 3.68. The molecule has 0 spiro atoms. The molecule has 0 N–H and O–H groups in total. The van der Waals surface area contributed by atoms with Crippen LogP contribution in [0, 0.1) is 15.5 Å². The van der Waals surface area contributed by atoms with Crippen LogP contribution in [0.4, 0.5) is 0 Å². The van der Waals surface area contributed by atoms with Gasteiger partial charge in [0.25, 0.3) is 0 Å². The number of carbonyl (C=O) groups is 1. The van der Waals surface area contributed by atoms with Gasteiger partial charge >= 0.3 is 0 Å². The normalized spacial score (nSPS) is 20.0. The summed E-state index contributed by atoms with van der Waals surface area (Å²) in [7, 11) is 0. The highest BCUT2D eigenvalue weighted by Crippen LogP contribution is 2.47. The summed E-state index contributed by atoms with van der Waals surface area (Å²) in [5.41, 5.74) is -0.606. The van der Waals surface area contributed by atoms with E-state index in [1.807, 2.05) is 0 Å². The molecule has 0 bridgehead atoms. The Morgan fingerprint density at radius 3 is 2.71 bits per heavy atom. The zero-order valence-electron chi connectivity index (χ0n) is 9.50. The maximum Gasteiger partial charge on any atom is 0.214 e. The number of nitro groups is 1. The zero-order valence-corrected chi connectivity index (χ0v) is 9.50. The number of furan rings is 1. The Morgan fingerprint density at radius 1 is 1.53 bits per heavy atom. The molecule has 1 saturated carbocycles. The first-order valence-electron chi connectivity index (χ1n) is 5.79. The largest absolute Gasteiger partial charge is 0.469 e. The van der Waals surface area contributed by atoms with Crippen molar-refractivity contribution in [2.45, 2.75) is 31.6 Å². The minimum atomic E-state index is -0.606. The van der Waals surface area contributed by atoms with Crippen molar-refractivity contribution in [1.29, 1.82) is 0 Å². The van der Waals surface area contributed by atoms with Crippen molar-refractivity contribution in [3.05, 3.63) is 34.3 Å². The van der Waals surface area contributed by atoms with Gasteiger partial charge in [0.2, 0.25) is 6.54 Å². The average molecular weight is 237 g/mol. The van der Waals surface area contributed by atoms with Crippen molar-refractivity contribution < 1.29 is 14.1 Å². The van der Waals surface area contributed by atoms with Gasteiger partial charge in [0, 0.05) is 10.3 Å². The molecular formula is C12H15NO4. The lowest BCUT2D eigenvalue weighted by molar-refractivity contribution is -0.486. The maximum absolute atomic E-state index is 11.4. The molecule has 0 radical (unpaired) electrons. The van der Waals surface area contributed by atoms with Gasteiger partial charge in [-0.15, -0.1) is 0 Å². The summed E-state index contributed by atoms with van der Waals surface area (Å²) < 4.78 is 5.27. The van der Waals surface area contributed by atoms with Crippen LogP contribution >= 0.6 is 0 Å². The van der Waals surface area contributed by atoms with Crippen molar-refractivity contribution in [1.82, 2.24) is 0 Å². The van der Waals surface area contributed by atoms with Gasteiger partial charge in [0.05, 0.1) is 12.2 Å². The number of nitrogens with zero attached hydrogens (tertiary/aromatic N) is 1. The van der Waals surface area contributed by atoms with E-state index in [2.05, 4.69) is 0 Å². The predicted molar refractivity (Wildman–Crippen MR) is 60.3 cm³/mol. The van der Waals surface area contributed by atoms with E-state index < -0.39 is 11.3 Å². The summed E-state index contributed by atoms with van der Waals surface area (Å²) in [6.45, 7) is -0.244. The first-order valence-corrected chi connectivity index (χ1v) is 5.79. The van der Waals surface area contributed by atoms with Crippen LogP contribution in [-0.4, -0.2) is 17.8 Å². The fourth-order valence-corrected chi connectivity index (χ4v) is 2.78. The monoisotopic (exact) mass is 237 g/mol. The molecule has 1 aliphatic carbocycles. The lowest BCUT2D eigenvalue weighted by Gasteiger charge is -2.28. The molecule has 17 heavy (non-hydrogen) atoms. The molecule has 1 atom stereocenters. The van der Waals surface area contributed by atoms with Crippen LogP contribution in [0.15, 0.2) is 22.8 Å². The van der Waals surface area contributed by atoms with E-state index in [4.69, 9.17) is 4.42 Å². The van der Waals surface area contributed by atoms with Crippen molar-refractivity contribution >= 4 is 6.29 Å². The fourth-order valence-electron chi connectivity index (χ4n) is 2.78. The summed E-state index contributed by atoms with van der Waals surface area (Å²) in [5.74, 6) is 0.114. The molecule has 0 aromatic carbocycles. The van der Waals surface area contributed by atoms with Gasteiger partial charge in [-0.05, 0) is 25.0 Å². The Hall–Kier alpha value is -1.65. The molecule has 5 heteroatoms. The Labute approximate surface area is 99.0 Å². The van der Waals surface area contributed by atoms with Gasteiger partial charge < -0.3 is 9.21 Å². The van der Waals surface area contributed by atoms with Crippen molar-refractivity contribution in [2.24, 2.45) is 5.41 Å². The second-order valence-electron chi connectivity index (χ2n) is 4.64. The third-order valence-corrected chi connectivity index (χ3v) is 3.68. The number of aldehydes is 1. The van der Waals surface area contributed by atoms with Crippen LogP contribution in [0.1, 0.15) is 37.4 Å². The highest BCUT2D eigenvalue weighted by molar-refractivity contribution is 5.62. The molecule has 0 aliphatic heterocycles. The van der Waals surface area contributed by atoms with Crippen molar-refractivity contribution in [2.75, 3.05) is 6.54 Å². The Kier molecular flexibility index (Phi) is 3.26. The number of hydrogen-bond acceptors (Lipinski definition) is 4. The Bertz CT molecular complexity index is 393. The van der Waals surface area contributed by atoms with E-state index in [-0.39, 0.29) is 11.5 Å². The summed E-state index contributed by atoms with van der Waals surface area (Å²) in [4.78, 5) is 21.8. The van der Waals surface area contributed by atoms with E-state index in [1.54, 1.807) is 12.1 Å². The first-order chi connectivity index (χ1) is 8.18. The topological polar surface area (TPSA) is 73.3 Å². The quantitative estimate of drug-likeness (QED) is 0.447. The molecule has 0 amide bonds. The molecule has 92 valence electrons. The Balaban J connectivity index is 2.32. The molecule has 1 heterocycles. The lowest BCUT2D eigenvalue weighted by Crippen LogP contribution is -2.32. The second kappa shape index (κ2) is 4.69. The van der Waals surface area contributed by atoms with Crippen LogP contribution in [0.3, 0.4) is 0 Å². The summed E-state index contributed by atoms with van der Waals surface area (Å²) in [5, 5.41) is 10.8. The van der Waals surface area contributed by atoms with Crippen LogP contribution in [0.2, 0.25) is 0 Å². The highest BCUT2D eigenvalue weighted by Gasteiger charge is 2.46.